The molecular weight excluding hydrogens is 386 g/mol. The first kappa shape index (κ1) is 20.8. The summed E-state index contributed by atoms with van der Waals surface area (Å²) in [5, 5.41) is 8.00. The predicted octanol–water partition coefficient (Wildman–Crippen LogP) is 4.05. The fourth-order valence-corrected chi connectivity index (χ4v) is 3.43. The zero-order valence-corrected chi connectivity index (χ0v) is 17.2. The van der Waals surface area contributed by atoms with E-state index in [2.05, 4.69) is 15.8 Å². The molecule has 7 heteroatoms. The summed E-state index contributed by atoms with van der Waals surface area (Å²) in [6.45, 7) is 0. The van der Waals surface area contributed by atoms with Crippen molar-refractivity contribution in [1.29, 1.82) is 0 Å². The van der Waals surface area contributed by atoms with Gasteiger partial charge in [0.25, 0.3) is 0 Å². The van der Waals surface area contributed by atoms with Gasteiger partial charge in [-0.2, -0.15) is 5.10 Å². The molecule has 1 saturated carbocycles. The first-order chi connectivity index (χ1) is 14.2. The maximum atomic E-state index is 12.2. The van der Waals surface area contributed by atoms with E-state index in [0.29, 0.717) is 28.2 Å². The zero-order valence-electron chi connectivity index (χ0n) is 16.4. The molecule has 6 nitrogen and oxygen atoms in total. The van der Waals surface area contributed by atoms with Crippen LogP contribution in [-0.4, -0.2) is 30.4 Å². The predicted molar refractivity (Wildman–Crippen MR) is 118 cm³/mol. The number of carbonyl (C=O) groups is 1. The molecule has 0 bridgehead atoms. The van der Waals surface area contributed by atoms with Gasteiger partial charge in [-0.25, -0.2) is 4.79 Å². The fraction of sp³-hybridized carbons (Fsp3) is 0.318. The SMILES string of the molecule is COc1cc(/C=N/NC(=S)NC2CCCCC2)ccc1OC(=O)c1ccccc1. The Morgan fingerprint density at radius 2 is 1.86 bits per heavy atom. The topological polar surface area (TPSA) is 71.9 Å². The van der Waals surface area contributed by atoms with E-state index in [9.17, 15) is 4.79 Å². The number of ether oxygens (including phenoxy) is 2. The number of rotatable bonds is 6. The van der Waals surface area contributed by atoms with Gasteiger partial charge >= 0.3 is 5.97 Å². The van der Waals surface area contributed by atoms with Crippen molar-refractivity contribution in [1.82, 2.24) is 10.7 Å². The molecule has 152 valence electrons. The molecule has 0 atom stereocenters. The average Bonchev–Trinajstić information content (AvgIpc) is 2.76. The van der Waals surface area contributed by atoms with E-state index < -0.39 is 5.97 Å². The van der Waals surface area contributed by atoms with Crippen molar-refractivity contribution in [3.63, 3.8) is 0 Å². The largest absolute Gasteiger partial charge is 0.493 e. The number of hydrogen-bond donors (Lipinski definition) is 2. The summed E-state index contributed by atoms with van der Waals surface area (Å²) in [5.74, 6) is 0.355. The molecule has 2 aromatic carbocycles. The first-order valence-corrected chi connectivity index (χ1v) is 10.1. The van der Waals surface area contributed by atoms with E-state index in [1.165, 1.54) is 26.4 Å². The third kappa shape index (κ3) is 6.29. The molecule has 0 saturated heterocycles. The van der Waals surface area contributed by atoms with Crippen molar-refractivity contribution in [2.24, 2.45) is 5.10 Å². The van der Waals surface area contributed by atoms with Gasteiger partial charge < -0.3 is 14.8 Å². The summed E-state index contributed by atoms with van der Waals surface area (Å²) in [7, 11) is 1.53. The molecular formula is C22H25N3O3S. The quantitative estimate of drug-likeness (QED) is 0.246. The van der Waals surface area contributed by atoms with E-state index in [-0.39, 0.29) is 0 Å². The second kappa shape index (κ2) is 10.6. The van der Waals surface area contributed by atoms with Gasteiger partial charge in [-0.05, 0) is 61.0 Å². The second-order valence-corrected chi connectivity index (χ2v) is 7.25. The van der Waals surface area contributed by atoms with Crippen LogP contribution < -0.4 is 20.2 Å². The first-order valence-electron chi connectivity index (χ1n) is 9.70. The minimum absolute atomic E-state index is 0.348. The van der Waals surface area contributed by atoms with E-state index >= 15 is 0 Å². The van der Waals surface area contributed by atoms with Crippen LogP contribution in [0.2, 0.25) is 0 Å². The van der Waals surface area contributed by atoms with Crippen molar-refractivity contribution in [3.05, 3.63) is 59.7 Å². The number of benzene rings is 2. The Labute approximate surface area is 176 Å². The van der Waals surface area contributed by atoms with Gasteiger partial charge in [0.1, 0.15) is 0 Å². The molecule has 0 aliphatic heterocycles. The smallest absolute Gasteiger partial charge is 0.343 e. The number of hydrogen-bond acceptors (Lipinski definition) is 5. The Kier molecular flexibility index (Phi) is 7.58. The standard InChI is InChI=1S/C22H25N3O3S/c1-27-20-14-16(15-23-25-22(29)24-18-10-6-3-7-11-18)12-13-19(20)28-21(26)17-8-4-2-5-9-17/h2,4-5,8-9,12-15,18H,3,6-7,10-11H2,1H3,(H2,24,25,29)/b23-15+. The van der Waals surface area contributed by atoms with Gasteiger partial charge in [-0.3, -0.25) is 5.43 Å². The zero-order chi connectivity index (χ0) is 20.5. The van der Waals surface area contributed by atoms with Crippen molar-refractivity contribution in [2.75, 3.05) is 7.11 Å². The number of carbonyl (C=O) groups excluding carboxylic acids is 1. The Balaban J connectivity index is 1.57. The highest BCUT2D eigenvalue weighted by Gasteiger charge is 2.14. The molecule has 2 aromatic rings. The van der Waals surface area contributed by atoms with Crippen LogP contribution in [0, 0.1) is 0 Å². The summed E-state index contributed by atoms with van der Waals surface area (Å²) in [4.78, 5) is 12.2. The summed E-state index contributed by atoms with van der Waals surface area (Å²) >= 11 is 5.30. The molecule has 0 heterocycles. The highest BCUT2D eigenvalue weighted by atomic mass is 32.1. The normalized spacial score (nSPS) is 14.4. The van der Waals surface area contributed by atoms with E-state index in [1.54, 1.807) is 48.7 Å². The van der Waals surface area contributed by atoms with Crippen LogP contribution in [0.1, 0.15) is 48.0 Å². The lowest BCUT2D eigenvalue weighted by molar-refractivity contribution is 0.0729. The molecule has 3 rings (SSSR count). The van der Waals surface area contributed by atoms with Gasteiger partial charge in [0.2, 0.25) is 0 Å². The van der Waals surface area contributed by atoms with Crippen LogP contribution in [-0.2, 0) is 0 Å². The van der Waals surface area contributed by atoms with Gasteiger partial charge in [0.05, 0.1) is 18.9 Å². The molecule has 0 aromatic heterocycles. The summed E-state index contributed by atoms with van der Waals surface area (Å²) in [6.07, 6.45) is 7.71. The summed E-state index contributed by atoms with van der Waals surface area (Å²) in [6, 6.07) is 14.5. The highest BCUT2D eigenvalue weighted by molar-refractivity contribution is 7.80. The lowest BCUT2D eigenvalue weighted by atomic mass is 9.96. The average molecular weight is 412 g/mol. The van der Waals surface area contributed by atoms with Crippen LogP contribution in [0.3, 0.4) is 0 Å². The van der Waals surface area contributed by atoms with Crippen molar-refractivity contribution < 1.29 is 14.3 Å². The molecule has 0 unspecified atom stereocenters. The van der Waals surface area contributed by atoms with Gasteiger partial charge in [0, 0.05) is 6.04 Å². The van der Waals surface area contributed by atoms with Crippen LogP contribution in [0.4, 0.5) is 0 Å². The van der Waals surface area contributed by atoms with E-state index in [4.69, 9.17) is 21.7 Å². The van der Waals surface area contributed by atoms with Crippen LogP contribution in [0.5, 0.6) is 11.5 Å². The van der Waals surface area contributed by atoms with Gasteiger partial charge in [0.15, 0.2) is 16.6 Å². The van der Waals surface area contributed by atoms with Crippen LogP contribution in [0.25, 0.3) is 0 Å². The third-order valence-corrected chi connectivity index (χ3v) is 4.93. The minimum atomic E-state index is -0.439. The van der Waals surface area contributed by atoms with E-state index in [1.807, 2.05) is 6.07 Å². The number of thiocarbonyl (C=S) groups is 1. The highest BCUT2D eigenvalue weighted by Crippen LogP contribution is 2.28. The maximum Gasteiger partial charge on any atom is 0.343 e. The van der Waals surface area contributed by atoms with E-state index in [0.717, 1.165) is 18.4 Å². The maximum absolute atomic E-state index is 12.2. The van der Waals surface area contributed by atoms with Crippen LogP contribution in [0.15, 0.2) is 53.6 Å². The fourth-order valence-electron chi connectivity index (χ4n) is 3.21. The van der Waals surface area contributed by atoms with Crippen molar-refractivity contribution >= 4 is 29.5 Å². The number of nitrogens with zero attached hydrogens (tertiary/aromatic N) is 1. The number of hydrazone groups is 1. The van der Waals surface area contributed by atoms with Gasteiger partial charge in [-0.15, -0.1) is 0 Å². The Morgan fingerprint density at radius 3 is 2.59 bits per heavy atom. The van der Waals surface area contributed by atoms with Crippen molar-refractivity contribution in [3.8, 4) is 11.5 Å². The molecule has 29 heavy (non-hydrogen) atoms. The second-order valence-electron chi connectivity index (χ2n) is 6.84. The number of methoxy groups -OCH3 is 1. The Hall–Kier alpha value is -2.93. The molecule has 1 aliphatic rings. The van der Waals surface area contributed by atoms with Crippen molar-refractivity contribution in [2.45, 2.75) is 38.1 Å². The summed E-state index contributed by atoms with van der Waals surface area (Å²) in [5.41, 5.74) is 4.11. The number of esters is 1. The lowest BCUT2D eigenvalue weighted by Crippen LogP contribution is -2.40. The molecule has 1 aliphatic carbocycles. The molecule has 0 radical (unpaired) electrons. The molecule has 0 amide bonds. The number of nitrogens with one attached hydrogen (secondary N) is 2. The lowest BCUT2D eigenvalue weighted by Gasteiger charge is -2.23. The monoisotopic (exact) mass is 411 g/mol. The Bertz CT molecular complexity index is 865. The van der Waals surface area contributed by atoms with Crippen LogP contribution >= 0.6 is 12.2 Å². The third-order valence-electron chi connectivity index (χ3n) is 4.72. The molecule has 2 N–H and O–H groups in total. The van der Waals surface area contributed by atoms with Gasteiger partial charge in [-0.1, -0.05) is 37.5 Å². The Morgan fingerprint density at radius 1 is 1.10 bits per heavy atom. The summed E-state index contributed by atoms with van der Waals surface area (Å²) < 4.78 is 10.8. The molecule has 0 spiro atoms. The molecule has 1 fully saturated rings. The minimum Gasteiger partial charge on any atom is -0.493 e.